The zero-order valence-corrected chi connectivity index (χ0v) is 18.2. The van der Waals surface area contributed by atoms with E-state index in [0.717, 1.165) is 5.56 Å². The molecule has 0 aliphatic heterocycles. The molecule has 1 aromatic heterocycles. The summed E-state index contributed by atoms with van der Waals surface area (Å²) >= 11 is 0. The Morgan fingerprint density at radius 3 is 2.65 bits per heavy atom. The van der Waals surface area contributed by atoms with Gasteiger partial charge in [-0.25, -0.2) is 9.18 Å². The highest BCUT2D eigenvalue weighted by molar-refractivity contribution is 5.74. The molecule has 0 bridgehead atoms. The zero-order valence-electron chi connectivity index (χ0n) is 18.2. The molecule has 3 rings (SSSR count). The molecule has 0 saturated carbocycles. The summed E-state index contributed by atoms with van der Waals surface area (Å²) in [5, 5.41) is 14.6. The molecule has 0 aliphatic carbocycles. The van der Waals surface area contributed by atoms with E-state index >= 15 is 0 Å². The normalized spacial score (nSPS) is 12.1. The molecule has 2 aromatic carbocycles. The fraction of sp³-hybridized carbons (Fsp3) is 0.364. The first-order valence-corrected chi connectivity index (χ1v) is 9.96. The molecule has 1 N–H and O–H groups in total. The van der Waals surface area contributed by atoms with E-state index in [0.29, 0.717) is 29.2 Å². The van der Waals surface area contributed by atoms with Crippen LogP contribution in [-0.2, 0) is 4.74 Å². The molecule has 31 heavy (non-hydrogen) atoms. The number of hydrogen-bond donors (Lipinski definition) is 1. The number of hydrogen-bond acceptors (Lipinski definition) is 6. The topological polar surface area (TPSA) is 91.2 Å². The summed E-state index contributed by atoms with van der Waals surface area (Å²) in [7, 11) is 1.55. The average molecular weight is 427 g/mol. The molecule has 1 heterocycles. The third kappa shape index (κ3) is 5.43. The second-order valence-corrected chi connectivity index (χ2v) is 7.69. The van der Waals surface area contributed by atoms with Crippen LogP contribution in [0.1, 0.15) is 38.1 Å². The van der Waals surface area contributed by atoms with Crippen molar-refractivity contribution in [2.75, 3.05) is 13.7 Å². The number of carbonyl (C=O) groups is 1. The van der Waals surface area contributed by atoms with Crippen molar-refractivity contribution in [3.05, 3.63) is 53.6 Å². The van der Waals surface area contributed by atoms with Crippen molar-refractivity contribution in [3.8, 4) is 22.6 Å². The number of carbonyl (C=O) groups excluding carboxylic acids is 1. The lowest BCUT2D eigenvalue weighted by Gasteiger charge is -2.15. The second kappa shape index (κ2) is 9.65. The largest absolute Gasteiger partial charge is 0.412 e. The lowest BCUT2D eigenvalue weighted by molar-refractivity contribution is 0.159. The van der Waals surface area contributed by atoms with Crippen LogP contribution < -0.4 is 10.1 Å². The molecule has 0 aliphatic rings. The van der Waals surface area contributed by atoms with Gasteiger partial charge in [0.1, 0.15) is 11.6 Å². The average Bonchev–Trinajstić information content (AvgIpc) is 3.18. The molecule has 164 valence electrons. The van der Waals surface area contributed by atoms with E-state index in [4.69, 9.17) is 9.47 Å². The second-order valence-electron chi connectivity index (χ2n) is 7.69. The van der Waals surface area contributed by atoms with E-state index in [1.54, 1.807) is 43.0 Å². The van der Waals surface area contributed by atoms with Crippen molar-refractivity contribution in [2.24, 2.45) is 0 Å². The molecule has 0 fully saturated rings. The minimum absolute atomic E-state index is 0.0531. The molecule has 1 atom stereocenters. The Hall–Kier alpha value is -3.33. The van der Waals surface area contributed by atoms with Crippen LogP contribution in [0, 0.1) is 12.7 Å². The number of methoxy groups -OCH3 is 1. The van der Waals surface area contributed by atoms with Gasteiger partial charge in [-0.15, -0.1) is 5.10 Å². The summed E-state index contributed by atoms with van der Waals surface area (Å²) in [5.41, 5.74) is 2.28. The lowest BCUT2D eigenvalue weighted by Crippen LogP contribution is -2.37. The Kier molecular flexibility index (Phi) is 6.96. The van der Waals surface area contributed by atoms with E-state index in [-0.39, 0.29) is 23.5 Å². The van der Waals surface area contributed by atoms with Crippen molar-refractivity contribution >= 4 is 6.09 Å². The van der Waals surface area contributed by atoms with Crippen LogP contribution in [0.25, 0.3) is 16.8 Å². The zero-order chi connectivity index (χ0) is 22.5. The summed E-state index contributed by atoms with van der Waals surface area (Å²) < 4.78 is 26.7. The predicted octanol–water partition coefficient (Wildman–Crippen LogP) is 4.02. The van der Waals surface area contributed by atoms with Gasteiger partial charge in [0.2, 0.25) is 0 Å². The molecule has 0 saturated heterocycles. The molecule has 3 aromatic rings. The monoisotopic (exact) mass is 427 g/mol. The van der Waals surface area contributed by atoms with Gasteiger partial charge in [0.15, 0.2) is 5.82 Å². The molecule has 1 amide bonds. The van der Waals surface area contributed by atoms with E-state index in [9.17, 15) is 9.18 Å². The van der Waals surface area contributed by atoms with Crippen LogP contribution in [0.4, 0.5) is 9.18 Å². The number of amides is 1. The van der Waals surface area contributed by atoms with Gasteiger partial charge in [-0.05, 0) is 53.6 Å². The minimum Gasteiger partial charge on any atom is -0.410 e. The molecule has 0 radical (unpaired) electrons. The first-order chi connectivity index (χ1) is 14.8. The first kappa shape index (κ1) is 22.4. The van der Waals surface area contributed by atoms with Gasteiger partial charge in [0.05, 0.1) is 18.3 Å². The van der Waals surface area contributed by atoms with Crippen LogP contribution in [0.15, 0.2) is 36.4 Å². The highest BCUT2D eigenvalue weighted by Gasteiger charge is 2.17. The minimum atomic E-state index is -0.641. The Balaban J connectivity index is 2.04. The van der Waals surface area contributed by atoms with Crippen molar-refractivity contribution in [1.29, 1.82) is 0 Å². The van der Waals surface area contributed by atoms with Gasteiger partial charge >= 0.3 is 6.09 Å². The quantitative estimate of drug-likeness (QED) is 0.612. The van der Waals surface area contributed by atoms with Gasteiger partial charge < -0.3 is 14.8 Å². The predicted molar refractivity (Wildman–Crippen MR) is 114 cm³/mol. The SMILES string of the molecule is COC[C@@H](C)NC(=O)Oc1cc(-c2ccc(C)cc2F)cc(-n2nnnc2C(C)C)c1. The van der Waals surface area contributed by atoms with Crippen molar-refractivity contribution in [3.63, 3.8) is 0 Å². The highest BCUT2D eigenvalue weighted by Crippen LogP contribution is 2.31. The maximum Gasteiger partial charge on any atom is 0.412 e. The molecule has 8 nitrogen and oxygen atoms in total. The first-order valence-electron chi connectivity index (χ1n) is 9.96. The smallest absolute Gasteiger partial charge is 0.410 e. The number of rotatable bonds is 7. The van der Waals surface area contributed by atoms with Gasteiger partial charge in [-0.2, -0.15) is 4.68 Å². The fourth-order valence-corrected chi connectivity index (χ4v) is 3.14. The third-order valence-electron chi connectivity index (χ3n) is 4.57. The fourth-order valence-electron chi connectivity index (χ4n) is 3.14. The summed E-state index contributed by atoms with van der Waals surface area (Å²) in [6.45, 7) is 7.89. The van der Waals surface area contributed by atoms with Gasteiger partial charge in [-0.3, -0.25) is 0 Å². The number of nitrogens with one attached hydrogen (secondary N) is 1. The third-order valence-corrected chi connectivity index (χ3v) is 4.57. The van der Waals surface area contributed by atoms with Crippen molar-refractivity contribution in [2.45, 2.75) is 39.7 Å². The maximum absolute atomic E-state index is 14.7. The van der Waals surface area contributed by atoms with Gasteiger partial charge in [-0.1, -0.05) is 26.0 Å². The highest BCUT2D eigenvalue weighted by atomic mass is 19.1. The van der Waals surface area contributed by atoms with E-state index < -0.39 is 6.09 Å². The number of aryl methyl sites for hydroxylation is 1. The summed E-state index contributed by atoms with van der Waals surface area (Å²) in [6, 6.07) is 9.74. The number of aromatic nitrogens is 4. The number of tetrazole rings is 1. The Labute approximate surface area is 180 Å². The van der Waals surface area contributed by atoms with E-state index in [2.05, 4.69) is 20.8 Å². The van der Waals surface area contributed by atoms with E-state index in [1.165, 1.54) is 6.07 Å². The number of benzene rings is 2. The van der Waals surface area contributed by atoms with E-state index in [1.807, 2.05) is 26.8 Å². The molecule has 0 unspecified atom stereocenters. The summed E-state index contributed by atoms with van der Waals surface area (Å²) in [5.74, 6) is 0.546. The van der Waals surface area contributed by atoms with Crippen molar-refractivity contribution < 1.29 is 18.7 Å². The lowest BCUT2D eigenvalue weighted by atomic mass is 10.0. The van der Waals surface area contributed by atoms with Crippen LogP contribution in [0.5, 0.6) is 5.75 Å². The summed E-state index contributed by atoms with van der Waals surface area (Å²) in [6.07, 6.45) is -0.641. The number of halogens is 1. The molecule has 0 spiro atoms. The summed E-state index contributed by atoms with van der Waals surface area (Å²) in [4.78, 5) is 12.3. The van der Waals surface area contributed by atoms with Gasteiger partial charge in [0.25, 0.3) is 0 Å². The Morgan fingerprint density at radius 1 is 1.19 bits per heavy atom. The van der Waals surface area contributed by atoms with Gasteiger partial charge in [0, 0.05) is 24.7 Å². The van der Waals surface area contributed by atoms with Crippen LogP contribution in [-0.4, -0.2) is 46.1 Å². The van der Waals surface area contributed by atoms with Crippen LogP contribution in [0.2, 0.25) is 0 Å². The number of nitrogens with zero attached hydrogens (tertiary/aromatic N) is 4. The number of ether oxygens (including phenoxy) is 2. The molecule has 9 heteroatoms. The van der Waals surface area contributed by atoms with Crippen LogP contribution >= 0.6 is 0 Å². The van der Waals surface area contributed by atoms with Crippen molar-refractivity contribution in [1.82, 2.24) is 25.5 Å². The Bertz CT molecular complexity index is 1070. The van der Waals surface area contributed by atoms with Crippen LogP contribution in [0.3, 0.4) is 0 Å². The maximum atomic E-state index is 14.7. The molecular weight excluding hydrogens is 401 g/mol. The standard InChI is InChI=1S/C22H26FN5O3/c1-13(2)21-25-26-27-28(21)17-9-16(19-7-6-14(3)8-20(19)23)10-18(11-17)31-22(29)24-15(4)12-30-5/h6-11,13,15H,12H2,1-5H3,(H,24,29)/t15-/m1/s1. The molecular formula is C22H26FN5O3. The Morgan fingerprint density at radius 2 is 1.97 bits per heavy atom.